The van der Waals surface area contributed by atoms with Crippen LogP contribution in [-0.4, -0.2) is 122 Å². The highest BCUT2D eigenvalue weighted by atomic mass is 16.7. The van der Waals surface area contributed by atoms with Gasteiger partial charge in [0, 0.05) is 88.9 Å². The zero-order chi connectivity index (χ0) is 25.1. The Morgan fingerprint density at radius 1 is 0.971 bits per heavy atom. The molecule has 7 rings (SSSR count). The monoisotopic (exact) mass is 499 g/mol. The number of hydrogen-bond acceptors (Lipinski definition) is 10. The van der Waals surface area contributed by atoms with Gasteiger partial charge in [-0.2, -0.15) is 0 Å². The van der Waals surface area contributed by atoms with Gasteiger partial charge in [0.05, 0.1) is 30.5 Å². The molecule has 3 heterocycles. The molecule has 2 unspecified atom stereocenters. The lowest BCUT2D eigenvalue weighted by molar-refractivity contribution is -0.385. The molecule has 0 aromatic rings. The maximum absolute atomic E-state index is 12.7. The zero-order valence-electron chi connectivity index (χ0n) is 21.3. The van der Waals surface area contributed by atoms with Gasteiger partial charge in [0.1, 0.15) is 6.10 Å². The molecule has 35 heavy (non-hydrogen) atoms. The number of ether oxygens (including phenoxy) is 5. The minimum atomic E-state index is -1.74. The van der Waals surface area contributed by atoms with Gasteiger partial charge in [-0.3, -0.25) is 4.90 Å². The van der Waals surface area contributed by atoms with Crippen molar-refractivity contribution in [3.8, 4) is 0 Å². The summed E-state index contributed by atoms with van der Waals surface area (Å²) in [5.74, 6) is -3.36. The van der Waals surface area contributed by atoms with E-state index in [1.807, 2.05) is 0 Å². The molecular weight excluding hydrogens is 458 g/mol. The van der Waals surface area contributed by atoms with Gasteiger partial charge in [0.15, 0.2) is 12.1 Å². The summed E-state index contributed by atoms with van der Waals surface area (Å²) < 4.78 is 29.8. The SMILES string of the molecule is CCN1C[C@@]2(COC)C(O)C[C@H](OC)[C@@]34[C@@H]5C[C@@]6(O)OC(O)[C@@H]5[C@](O)(C[C@@H]6OC)[C@@H]([C@H](OC)[C@H]23)[C@@H]14. The lowest BCUT2D eigenvalue weighted by Crippen LogP contribution is -2.79. The Hall–Kier alpha value is -0.400. The summed E-state index contributed by atoms with van der Waals surface area (Å²) in [5.41, 5.74) is -2.67. The van der Waals surface area contributed by atoms with E-state index in [2.05, 4.69) is 11.8 Å². The van der Waals surface area contributed by atoms with Gasteiger partial charge in [-0.1, -0.05) is 6.92 Å². The summed E-state index contributed by atoms with van der Waals surface area (Å²) in [6.45, 7) is 3.77. The van der Waals surface area contributed by atoms with Crippen LogP contribution in [0.15, 0.2) is 0 Å². The quantitative estimate of drug-likeness (QED) is 0.368. The van der Waals surface area contributed by atoms with Gasteiger partial charge in [0.2, 0.25) is 0 Å². The van der Waals surface area contributed by atoms with Crippen LogP contribution < -0.4 is 0 Å². The first-order valence-corrected chi connectivity index (χ1v) is 12.9. The number of nitrogens with zero attached hydrogens (tertiary/aromatic N) is 1. The molecule has 4 aliphatic carbocycles. The Morgan fingerprint density at radius 3 is 2.29 bits per heavy atom. The number of hydrogen-bond donors (Lipinski definition) is 4. The van der Waals surface area contributed by atoms with Crippen molar-refractivity contribution >= 4 is 0 Å². The molecule has 4 N–H and O–H groups in total. The fourth-order valence-corrected chi connectivity index (χ4v) is 10.6. The molecule has 3 aliphatic heterocycles. The second kappa shape index (κ2) is 7.81. The third-order valence-electron chi connectivity index (χ3n) is 11.3. The summed E-state index contributed by atoms with van der Waals surface area (Å²) in [6, 6.07) is -0.124. The molecule has 200 valence electrons. The standard InChI is InChI=1S/C25H41NO9/c1-6-26-10-22(11-31-2)13(27)7-14(32-3)25-12-8-24(30)15(33-4)9-23(29,16(12)21(28)35-24)17(20(25)26)18(34-5)19(22)25/h12-21,27-30H,6-11H2,1-5H3/t12-,13?,14+,15+,16-,17+,18+,19-,20-,21?,22-,23-,24-,25+/m1/s1. The van der Waals surface area contributed by atoms with Gasteiger partial charge >= 0.3 is 0 Å². The predicted molar refractivity (Wildman–Crippen MR) is 121 cm³/mol. The fraction of sp³-hybridized carbons (Fsp3) is 1.00. The second-order valence-electron chi connectivity index (χ2n) is 12.0. The molecule has 9 bridgehead atoms. The summed E-state index contributed by atoms with van der Waals surface area (Å²) >= 11 is 0. The van der Waals surface area contributed by atoms with E-state index in [1.165, 1.54) is 7.11 Å². The molecular formula is C25H41NO9. The van der Waals surface area contributed by atoms with Crippen LogP contribution in [0.4, 0.5) is 0 Å². The number of fused-ring (bicyclic) bond motifs is 2. The van der Waals surface area contributed by atoms with Gasteiger partial charge in [0.25, 0.3) is 0 Å². The van der Waals surface area contributed by atoms with Gasteiger partial charge in [-0.15, -0.1) is 0 Å². The van der Waals surface area contributed by atoms with Crippen molar-refractivity contribution in [1.82, 2.24) is 4.90 Å². The predicted octanol–water partition coefficient (Wildman–Crippen LogP) is -0.827. The highest BCUT2D eigenvalue weighted by Crippen LogP contribution is 2.78. The van der Waals surface area contributed by atoms with Crippen LogP contribution in [-0.2, 0) is 23.7 Å². The number of aliphatic hydroxyl groups excluding tert-OH is 2. The van der Waals surface area contributed by atoms with Gasteiger partial charge in [-0.25, -0.2) is 0 Å². The molecule has 3 saturated heterocycles. The van der Waals surface area contributed by atoms with E-state index >= 15 is 0 Å². The molecule has 0 aromatic heterocycles. The molecule has 0 radical (unpaired) electrons. The van der Waals surface area contributed by atoms with Crippen molar-refractivity contribution in [3.63, 3.8) is 0 Å². The maximum Gasteiger partial charge on any atom is 0.195 e. The van der Waals surface area contributed by atoms with Gasteiger partial charge in [-0.05, 0) is 12.5 Å². The average Bonchev–Trinajstić information content (AvgIpc) is 2.91. The fourth-order valence-electron chi connectivity index (χ4n) is 10.6. The van der Waals surface area contributed by atoms with E-state index in [9.17, 15) is 20.4 Å². The second-order valence-corrected chi connectivity index (χ2v) is 12.0. The topological polar surface area (TPSA) is 130 Å². The van der Waals surface area contributed by atoms with Crippen LogP contribution in [0.2, 0.25) is 0 Å². The number of rotatable bonds is 6. The summed E-state index contributed by atoms with van der Waals surface area (Å²) in [4.78, 5) is 2.36. The van der Waals surface area contributed by atoms with Crippen molar-refractivity contribution < 1.29 is 44.1 Å². The van der Waals surface area contributed by atoms with Crippen LogP contribution in [0.5, 0.6) is 0 Å². The maximum atomic E-state index is 12.7. The van der Waals surface area contributed by atoms with Crippen LogP contribution >= 0.6 is 0 Å². The molecule has 7 fully saturated rings. The molecule has 10 heteroatoms. The largest absolute Gasteiger partial charge is 0.392 e. The molecule has 4 saturated carbocycles. The Labute approximate surface area is 206 Å². The first-order valence-electron chi connectivity index (χ1n) is 12.9. The van der Waals surface area contributed by atoms with Crippen molar-refractivity contribution in [2.45, 2.75) is 74.3 Å². The summed E-state index contributed by atoms with van der Waals surface area (Å²) in [7, 11) is 6.51. The third-order valence-corrected chi connectivity index (χ3v) is 11.3. The highest BCUT2D eigenvalue weighted by Gasteiger charge is 2.87. The first-order chi connectivity index (χ1) is 16.6. The van der Waals surface area contributed by atoms with Crippen LogP contribution in [0.3, 0.4) is 0 Å². The van der Waals surface area contributed by atoms with E-state index in [4.69, 9.17) is 23.7 Å². The van der Waals surface area contributed by atoms with E-state index < -0.39 is 58.7 Å². The zero-order valence-corrected chi connectivity index (χ0v) is 21.3. The highest BCUT2D eigenvalue weighted by molar-refractivity contribution is 5.35. The van der Waals surface area contributed by atoms with E-state index in [0.717, 1.165) is 0 Å². The molecule has 1 spiro atoms. The van der Waals surface area contributed by atoms with Gasteiger partial charge < -0.3 is 44.1 Å². The van der Waals surface area contributed by atoms with E-state index in [1.54, 1.807) is 21.3 Å². The van der Waals surface area contributed by atoms with E-state index in [-0.39, 0.29) is 36.8 Å². The van der Waals surface area contributed by atoms with Crippen molar-refractivity contribution in [3.05, 3.63) is 0 Å². The van der Waals surface area contributed by atoms with Crippen molar-refractivity contribution in [1.29, 1.82) is 0 Å². The van der Waals surface area contributed by atoms with E-state index in [0.29, 0.717) is 26.1 Å². The Balaban J connectivity index is 1.68. The van der Waals surface area contributed by atoms with Crippen molar-refractivity contribution in [2.24, 2.45) is 34.5 Å². The number of methoxy groups -OCH3 is 4. The smallest absolute Gasteiger partial charge is 0.195 e. The Bertz CT molecular complexity index is 863. The average molecular weight is 500 g/mol. The third kappa shape index (κ3) is 2.60. The molecule has 10 nitrogen and oxygen atoms in total. The lowest BCUT2D eigenvalue weighted by Gasteiger charge is -2.71. The molecule has 0 amide bonds. The van der Waals surface area contributed by atoms with Crippen molar-refractivity contribution in [2.75, 3.05) is 48.1 Å². The lowest BCUT2D eigenvalue weighted by atomic mass is 9.41. The Kier molecular flexibility index (Phi) is 5.56. The van der Waals surface area contributed by atoms with Crippen LogP contribution in [0.25, 0.3) is 0 Å². The van der Waals surface area contributed by atoms with Crippen LogP contribution in [0, 0.1) is 34.5 Å². The number of piperidine rings is 1. The molecule has 7 aliphatic rings. The number of likely N-dealkylation sites (tertiary alicyclic amines) is 1. The minimum absolute atomic E-state index is 0.122. The summed E-state index contributed by atoms with van der Waals surface area (Å²) in [6.07, 6.45) is -2.90. The molecule has 0 aromatic carbocycles. The first kappa shape index (κ1) is 24.9. The molecule has 14 atom stereocenters. The number of aliphatic hydroxyl groups is 4. The summed E-state index contributed by atoms with van der Waals surface area (Å²) in [5, 5.41) is 47.4. The van der Waals surface area contributed by atoms with Crippen LogP contribution in [0.1, 0.15) is 26.2 Å². The normalized spacial score (nSPS) is 60.6. The minimum Gasteiger partial charge on any atom is -0.392 e. The Morgan fingerprint density at radius 2 is 1.69 bits per heavy atom.